The van der Waals surface area contributed by atoms with Crippen LogP contribution >= 0.6 is 0 Å². The van der Waals surface area contributed by atoms with E-state index in [0.717, 1.165) is 31.6 Å². The van der Waals surface area contributed by atoms with Crippen molar-refractivity contribution in [1.82, 2.24) is 4.98 Å². The molecule has 0 aliphatic carbocycles. The molecule has 1 aromatic carbocycles. The number of rotatable bonds is 5. The largest absolute Gasteiger partial charge is 0.371 e. The van der Waals surface area contributed by atoms with E-state index in [0.29, 0.717) is 16.3 Å². The first kappa shape index (κ1) is 18.2. The fraction of sp³-hybridized carbons (Fsp3) is 0.368. The van der Waals surface area contributed by atoms with E-state index in [2.05, 4.69) is 21.3 Å². The molecule has 1 aliphatic rings. The van der Waals surface area contributed by atoms with E-state index in [1.165, 1.54) is 0 Å². The van der Waals surface area contributed by atoms with Crippen molar-refractivity contribution in [2.45, 2.75) is 30.7 Å². The summed E-state index contributed by atoms with van der Waals surface area (Å²) in [5.74, 6) is 0.754. The molecule has 1 saturated heterocycles. The topological polar surface area (TPSA) is 86.1 Å². The Labute approximate surface area is 154 Å². The van der Waals surface area contributed by atoms with Crippen molar-refractivity contribution in [3.8, 4) is 6.07 Å². The van der Waals surface area contributed by atoms with E-state index >= 15 is 0 Å². The van der Waals surface area contributed by atoms with Gasteiger partial charge in [-0.3, -0.25) is 0 Å². The van der Waals surface area contributed by atoms with Gasteiger partial charge in [-0.15, -0.1) is 0 Å². The van der Waals surface area contributed by atoms with Crippen LogP contribution in [0.3, 0.4) is 0 Å². The maximum Gasteiger partial charge on any atom is 0.178 e. The number of anilines is 2. The molecule has 0 atom stereocenters. The molecule has 2 aromatic rings. The maximum atomic E-state index is 11.9. The lowest BCUT2D eigenvalue weighted by molar-refractivity contribution is 0.525. The third kappa shape index (κ3) is 3.97. The lowest BCUT2D eigenvalue weighted by Gasteiger charge is -2.34. The maximum absolute atomic E-state index is 11.9. The Kier molecular flexibility index (Phi) is 5.43. The standard InChI is InChI=1S/C19H22N4O2S/c1-2-26(24,25)18-7-5-17(6-8-18)23-12-9-16(10-13-23)22-19-15(14-20)4-3-11-21-19/h3-8,11,16H,2,9-10,12-13H2,1H3,(H,21,22). The smallest absolute Gasteiger partial charge is 0.178 e. The van der Waals surface area contributed by atoms with Crippen molar-refractivity contribution in [2.75, 3.05) is 29.1 Å². The molecule has 0 bridgehead atoms. The highest BCUT2D eigenvalue weighted by atomic mass is 32.2. The van der Waals surface area contributed by atoms with Crippen molar-refractivity contribution in [3.63, 3.8) is 0 Å². The van der Waals surface area contributed by atoms with Crippen LogP contribution in [0, 0.1) is 11.3 Å². The van der Waals surface area contributed by atoms with Crippen molar-refractivity contribution in [1.29, 1.82) is 5.26 Å². The molecule has 0 radical (unpaired) electrons. The van der Waals surface area contributed by atoms with E-state index in [1.807, 2.05) is 12.1 Å². The van der Waals surface area contributed by atoms with Crippen LogP contribution in [0.4, 0.5) is 11.5 Å². The van der Waals surface area contributed by atoms with Gasteiger partial charge in [0.05, 0.1) is 16.2 Å². The molecule has 1 aliphatic heterocycles. The monoisotopic (exact) mass is 370 g/mol. The zero-order valence-electron chi connectivity index (χ0n) is 14.7. The minimum atomic E-state index is -3.16. The number of hydrogen-bond acceptors (Lipinski definition) is 6. The highest BCUT2D eigenvalue weighted by molar-refractivity contribution is 7.91. The molecule has 0 spiro atoms. The summed E-state index contributed by atoms with van der Waals surface area (Å²) in [5.41, 5.74) is 1.59. The number of piperidine rings is 1. The van der Waals surface area contributed by atoms with Gasteiger partial charge in [-0.05, 0) is 49.2 Å². The van der Waals surface area contributed by atoms with Crippen LogP contribution < -0.4 is 10.2 Å². The van der Waals surface area contributed by atoms with Gasteiger partial charge in [0.2, 0.25) is 0 Å². The molecular formula is C19H22N4O2S. The van der Waals surface area contributed by atoms with Gasteiger partial charge in [0, 0.05) is 31.0 Å². The SMILES string of the molecule is CCS(=O)(=O)c1ccc(N2CCC(Nc3ncccc3C#N)CC2)cc1. The Hall–Kier alpha value is -2.59. The normalized spacial score (nSPS) is 15.5. The molecule has 3 rings (SSSR count). The second-order valence-electron chi connectivity index (χ2n) is 6.31. The quantitative estimate of drug-likeness (QED) is 0.871. The van der Waals surface area contributed by atoms with E-state index in [1.54, 1.807) is 37.4 Å². The first-order valence-electron chi connectivity index (χ1n) is 8.73. The molecule has 1 N–H and O–H groups in total. The fourth-order valence-electron chi connectivity index (χ4n) is 3.12. The minimum Gasteiger partial charge on any atom is -0.371 e. The van der Waals surface area contributed by atoms with Crippen LogP contribution in [-0.4, -0.2) is 38.3 Å². The van der Waals surface area contributed by atoms with Crippen molar-refractivity contribution in [3.05, 3.63) is 48.2 Å². The van der Waals surface area contributed by atoms with Gasteiger partial charge in [-0.1, -0.05) is 6.92 Å². The molecule has 6 nitrogen and oxygen atoms in total. The molecule has 0 amide bonds. The average molecular weight is 370 g/mol. The summed E-state index contributed by atoms with van der Waals surface area (Å²) in [5, 5.41) is 12.5. The average Bonchev–Trinajstić information content (AvgIpc) is 2.69. The predicted octanol–water partition coefficient (Wildman–Crippen LogP) is 2.83. The predicted molar refractivity (Wildman–Crippen MR) is 102 cm³/mol. The van der Waals surface area contributed by atoms with Crippen LogP contribution in [0.15, 0.2) is 47.5 Å². The highest BCUT2D eigenvalue weighted by Gasteiger charge is 2.21. The van der Waals surface area contributed by atoms with Crippen LogP contribution in [0.5, 0.6) is 0 Å². The molecule has 2 heterocycles. The number of hydrogen-bond donors (Lipinski definition) is 1. The van der Waals surface area contributed by atoms with Crippen molar-refractivity contribution in [2.24, 2.45) is 0 Å². The summed E-state index contributed by atoms with van der Waals surface area (Å²) in [7, 11) is -3.16. The van der Waals surface area contributed by atoms with Crippen LogP contribution in [0.25, 0.3) is 0 Å². The number of aromatic nitrogens is 1. The Balaban J connectivity index is 1.61. The molecule has 7 heteroatoms. The Morgan fingerprint density at radius 1 is 1.23 bits per heavy atom. The lowest BCUT2D eigenvalue weighted by Crippen LogP contribution is -2.39. The summed E-state index contributed by atoms with van der Waals surface area (Å²) in [6, 6.07) is 13.1. The molecule has 26 heavy (non-hydrogen) atoms. The molecule has 1 aromatic heterocycles. The van der Waals surface area contributed by atoms with Crippen molar-refractivity contribution < 1.29 is 8.42 Å². The van der Waals surface area contributed by atoms with Gasteiger partial charge in [0.15, 0.2) is 9.84 Å². The number of pyridine rings is 1. The van der Waals surface area contributed by atoms with Crippen LogP contribution in [-0.2, 0) is 9.84 Å². The summed E-state index contributed by atoms with van der Waals surface area (Å²) >= 11 is 0. The van der Waals surface area contributed by atoms with Gasteiger partial charge in [-0.2, -0.15) is 5.26 Å². The second-order valence-corrected chi connectivity index (χ2v) is 8.59. The highest BCUT2D eigenvalue weighted by Crippen LogP contribution is 2.24. The Morgan fingerprint density at radius 3 is 2.54 bits per heavy atom. The second kappa shape index (κ2) is 7.75. The van der Waals surface area contributed by atoms with Crippen LogP contribution in [0.1, 0.15) is 25.3 Å². The summed E-state index contributed by atoms with van der Waals surface area (Å²) in [4.78, 5) is 6.89. The van der Waals surface area contributed by atoms with E-state index < -0.39 is 9.84 Å². The van der Waals surface area contributed by atoms with E-state index in [-0.39, 0.29) is 11.8 Å². The number of nitrogens with zero attached hydrogens (tertiary/aromatic N) is 3. The zero-order chi connectivity index (χ0) is 18.6. The molecule has 0 saturated carbocycles. The fourth-order valence-corrected chi connectivity index (χ4v) is 4.00. The number of sulfone groups is 1. The van der Waals surface area contributed by atoms with Gasteiger partial charge < -0.3 is 10.2 Å². The molecule has 136 valence electrons. The lowest BCUT2D eigenvalue weighted by atomic mass is 10.0. The third-order valence-corrected chi connectivity index (χ3v) is 6.46. The van der Waals surface area contributed by atoms with Gasteiger partial charge in [0.25, 0.3) is 0 Å². The molecule has 1 fully saturated rings. The van der Waals surface area contributed by atoms with Gasteiger partial charge >= 0.3 is 0 Å². The number of nitriles is 1. The number of benzene rings is 1. The van der Waals surface area contributed by atoms with E-state index in [9.17, 15) is 8.42 Å². The summed E-state index contributed by atoms with van der Waals surface area (Å²) < 4.78 is 23.8. The summed E-state index contributed by atoms with van der Waals surface area (Å²) in [6.45, 7) is 3.39. The first-order valence-corrected chi connectivity index (χ1v) is 10.4. The van der Waals surface area contributed by atoms with Gasteiger partial charge in [0.1, 0.15) is 11.9 Å². The van der Waals surface area contributed by atoms with E-state index in [4.69, 9.17) is 5.26 Å². The molecule has 0 unspecified atom stereocenters. The summed E-state index contributed by atoms with van der Waals surface area (Å²) in [6.07, 6.45) is 3.54. The minimum absolute atomic E-state index is 0.113. The molecular weight excluding hydrogens is 348 g/mol. The third-order valence-electron chi connectivity index (χ3n) is 4.70. The zero-order valence-corrected chi connectivity index (χ0v) is 15.5. The van der Waals surface area contributed by atoms with Gasteiger partial charge in [-0.25, -0.2) is 13.4 Å². The Morgan fingerprint density at radius 2 is 1.92 bits per heavy atom. The van der Waals surface area contributed by atoms with Crippen molar-refractivity contribution >= 4 is 21.3 Å². The first-order chi connectivity index (χ1) is 12.5. The number of nitrogens with one attached hydrogen (secondary N) is 1. The Bertz CT molecular complexity index is 896. The van der Waals surface area contributed by atoms with Crippen LogP contribution in [0.2, 0.25) is 0 Å².